The average molecular weight is 445 g/mol. The first kappa shape index (κ1) is 19.7. The third kappa shape index (κ3) is 3.46. The summed E-state index contributed by atoms with van der Waals surface area (Å²) in [5.74, 6) is -0.436. The predicted octanol–water partition coefficient (Wildman–Crippen LogP) is 6.92. The Hall–Kier alpha value is -3.27. The van der Waals surface area contributed by atoms with E-state index in [1.54, 1.807) is 12.1 Å². The molecule has 5 rings (SSSR count). The number of amides is 1. The van der Waals surface area contributed by atoms with E-state index in [-0.39, 0.29) is 0 Å². The first-order valence-electron chi connectivity index (χ1n) is 9.87. The van der Waals surface area contributed by atoms with E-state index in [0.29, 0.717) is 22.2 Å². The van der Waals surface area contributed by atoms with Gasteiger partial charge in [-0.05, 0) is 41.5 Å². The van der Waals surface area contributed by atoms with Crippen LogP contribution in [0.4, 0.5) is 0 Å². The summed E-state index contributed by atoms with van der Waals surface area (Å²) in [6.07, 6.45) is 0. The van der Waals surface area contributed by atoms with E-state index in [9.17, 15) is 4.79 Å². The van der Waals surface area contributed by atoms with E-state index in [1.807, 2.05) is 54.6 Å². The van der Waals surface area contributed by atoms with Crippen molar-refractivity contribution in [2.75, 3.05) is 0 Å². The van der Waals surface area contributed by atoms with Gasteiger partial charge in [-0.2, -0.15) is 0 Å². The van der Waals surface area contributed by atoms with E-state index in [0.717, 1.165) is 32.9 Å². The van der Waals surface area contributed by atoms with Crippen LogP contribution in [-0.2, 0) is 6.54 Å². The molecule has 1 heterocycles. The molecule has 31 heavy (non-hydrogen) atoms. The van der Waals surface area contributed by atoms with Crippen LogP contribution in [0.15, 0.2) is 84.9 Å². The van der Waals surface area contributed by atoms with Crippen molar-refractivity contribution in [2.45, 2.75) is 6.54 Å². The molecule has 5 heteroatoms. The number of nitrogens with zero attached hydrogens (tertiary/aromatic N) is 1. The zero-order valence-electron chi connectivity index (χ0n) is 16.5. The fourth-order valence-corrected chi connectivity index (χ4v) is 4.69. The van der Waals surface area contributed by atoms with Gasteiger partial charge in [0.15, 0.2) is 0 Å². The predicted molar refractivity (Wildman–Crippen MR) is 129 cm³/mol. The minimum Gasteiger partial charge on any atom is -0.366 e. The van der Waals surface area contributed by atoms with Gasteiger partial charge in [-0.1, -0.05) is 77.8 Å². The summed E-state index contributed by atoms with van der Waals surface area (Å²) in [5, 5.41) is 3.04. The fraction of sp³-hybridized carbons (Fsp3) is 0.0385. The van der Waals surface area contributed by atoms with Gasteiger partial charge in [0.25, 0.3) is 0 Å². The molecule has 0 aliphatic heterocycles. The van der Waals surface area contributed by atoms with Crippen molar-refractivity contribution < 1.29 is 4.79 Å². The molecule has 0 saturated heterocycles. The third-order valence-electron chi connectivity index (χ3n) is 5.58. The Morgan fingerprint density at radius 1 is 0.839 bits per heavy atom. The number of hydrogen-bond acceptors (Lipinski definition) is 1. The lowest BCUT2D eigenvalue weighted by Crippen LogP contribution is -2.11. The number of carbonyl (C=O) groups excluding carboxylic acids is 1. The van der Waals surface area contributed by atoms with Gasteiger partial charge in [-0.25, -0.2) is 0 Å². The molecule has 152 valence electrons. The van der Waals surface area contributed by atoms with Crippen LogP contribution in [0.1, 0.15) is 15.9 Å². The van der Waals surface area contributed by atoms with Gasteiger partial charge in [0.05, 0.1) is 11.0 Å². The molecule has 0 unspecified atom stereocenters. The number of carbonyl (C=O) groups is 1. The molecule has 1 aromatic heterocycles. The highest BCUT2D eigenvalue weighted by atomic mass is 35.5. The van der Waals surface area contributed by atoms with Crippen molar-refractivity contribution in [1.82, 2.24) is 4.57 Å². The van der Waals surface area contributed by atoms with Crippen molar-refractivity contribution in [3.8, 4) is 11.1 Å². The third-order valence-corrected chi connectivity index (χ3v) is 6.13. The van der Waals surface area contributed by atoms with Crippen molar-refractivity contribution in [3.05, 3.63) is 106 Å². The first-order chi connectivity index (χ1) is 15.0. The number of fused-ring (bicyclic) bond motifs is 3. The number of primary amides is 1. The number of nitrogens with two attached hydrogens (primary N) is 1. The Kier molecular flexibility index (Phi) is 4.93. The van der Waals surface area contributed by atoms with Gasteiger partial charge in [-0.15, -0.1) is 0 Å². The second kappa shape index (κ2) is 7.77. The molecule has 2 N–H and O–H groups in total. The van der Waals surface area contributed by atoms with Crippen LogP contribution in [0.25, 0.3) is 32.9 Å². The molecule has 1 amide bonds. The fourth-order valence-electron chi connectivity index (χ4n) is 4.18. The van der Waals surface area contributed by atoms with Gasteiger partial charge in [0.1, 0.15) is 0 Å². The number of hydrogen-bond donors (Lipinski definition) is 1. The van der Waals surface area contributed by atoms with Crippen molar-refractivity contribution in [2.24, 2.45) is 5.73 Å². The van der Waals surface area contributed by atoms with E-state index in [4.69, 9.17) is 28.9 Å². The molecule has 4 aromatic carbocycles. The molecule has 0 aliphatic carbocycles. The number of aromatic nitrogens is 1. The average Bonchev–Trinajstić information content (AvgIpc) is 3.07. The second-order valence-electron chi connectivity index (χ2n) is 7.49. The quantitative estimate of drug-likeness (QED) is 0.321. The SMILES string of the molecule is NC(=O)c1cccc2c1c1ccc(-c3ccc(Cl)cc3Cl)cc1n2Cc1ccccc1. The zero-order valence-corrected chi connectivity index (χ0v) is 18.0. The second-order valence-corrected chi connectivity index (χ2v) is 8.34. The maximum atomic E-state index is 12.2. The highest BCUT2D eigenvalue weighted by molar-refractivity contribution is 6.36. The summed E-state index contributed by atoms with van der Waals surface area (Å²) in [6, 6.07) is 27.6. The molecule has 5 aromatic rings. The highest BCUT2D eigenvalue weighted by Gasteiger charge is 2.17. The molecule has 0 radical (unpaired) electrons. The largest absolute Gasteiger partial charge is 0.366 e. The summed E-state index contributed by atoms with van der Waals surface area (Å²) in [7, 11) is 0. The van der Waals surface area contributed by atoms with Crippen LogP contribution in [0.3, 0.4) is 0 Å². The van der Waals surface area contributed by atoms with Crippen LogP contribution >= 0.6 is 23.2 Å². The molecule has 0 atom stereocenters. The van der Waals surface area contributed by atoms with Gasteiger partial charge >= 0.3 is 0 Å². The molecule has 3 nitrogen and oxygen atoms in total. The molecular weight excluding hydrogens is 427 g/mol. The van der Waals surface area contributed by atoms with Crippen molar-refractivity contribution in [1.29, 1.82) is 0 Å². The molecule has 0 aliphatic rings. The molecule has 0 bridgehead atoms. The first-order valence-corrected chi connectivity index (χ1v) is 10.6. The molecular formula is C26H18Cl2N2O. The summed E-state index contributed by atoms with van der Waals surface area (Å²) in [6.45, 7) is 0.668. The van der Waals surface area contributed by atoms with Gasteiger partial charge in [-0.3, -0.25) is 4.79 Å². The smallest absolute Gasteiger partial charge is 0.249 e. The van der Waals surface area contributed by atoms with E-state index in [2.05, 4.69) is 22.8 Å². The summed E-state index contributed by atoms with van der Waals surface area (Å²) in [5.41, 5.74) is 11.3. The van der Waals surface area contributed by atoms with Crippen LogP contribution in [0.5, 0.6) is 0 Å². The Balaban J connectivity index is 1.82. The zero-order chi connectivity index (χ0) is 21.5. The van der Waals surface area contributed by atoms with Crippen LogP contribution in [0.2, 0.25) is 10.0 Å². The standard InChI is InChI=1S/C26H18Cl2N2O/c27-18-10-12-19(22(28)14-18)17-9-11-20-24(13-17)30(15-16-5-2-1-3-6-16)23-8-4-7-21(25(20)23)26(29)31/h1-14H,15H2,(H2,29,31). The lowest BCUT2D eigenvalue weighted by Gasteiger charge is -2.10. The Bertz CT molecular complexity index is 1460. The number of rotatable bonds is 4. The summed E-state index contributed by atoms with van der Waals surface area (Å²) >= 11 is 12.6. The highest BCUT2D eigenvalue weighted by Crippen LogP contribution is 2.37. The van der Waals surface area contributed by atoms with Crippen LogP contribution in [-0.4, -0.2) is 10.5 Å². The maximum absolute atomic E-state index is 12.2. The van der Waals surface area contributed by atoms with Crippen molar-refractivity contribution in [3.63, 3.8) is 0 Å². The van der Waals surface area contributed by atoms with Crippen molar-refractivity contribution >= 4 is 50.9 Å². The van der Waals surface area contributed by atoms with Gasteiger partial charge in [0, 0.05) is 38.5 Å². The maximum Gasteiger partial charge on any atom is 0.249 e. The van der Waals surface area contributed by atoms with E-state index in [1.165, 1.54) is 5.56 Å². The summed E-state index contributed by atoms with van der Waals surface area (Å²) < 4.78 is 2.22. The topological polar surface area (TPSA) is 48.0 Å². The lowest BCUT2D eigenvalue weighted by molar-refractivity contribution is 0.100. The van der Waals surface area contributed by atoms with Crippen LogP contribution < -0.4 is 5.73 Å². The lowest BCUT2D eigenvalue weighted by atomic mass is 10.0. The number of halogens is 2. The molecule has 0 saturated carbocycles. The summed E-state index contributed by atoms with van der Waals surface area (Å²) in [4.78, 5) is 12.2. The minimum absolute atomic E-state index is 0.436. The normalized spacial score (nSPS) is 11.3. The Labute approximate surface area is 189 Å². The Morgan fingerprint density at radius 3 is 2.39 bits per heavy atom. The van der Waals surface area contributed by atoms with E-state index >= 15 is 0 Å². The molecule has 0 spiro atoms. The van der Waals surface area contributed by atoms with E-state index < -0.39 is 5.91 Å². The number of benzene rings is 4. The molecule has 0 fully saturated rings. The van der Waals surface area contributed by atoms with Gasteiger partial charge < -0.3 is 10.3 Å². The van der Waals surface area contributed by atoms with Crippen LogP contribution in [0, 0.1) is 0 Å². The monoisotopic (exact) mass is 444 g/mol. The Morgan fingerprint density at radius 2 is 1.65 bits per heavy atom. The van der Waals surface area contributed by atoms with Gasteiger partial charge in [0.2, 0.25) is 5.91 Å². The minimum atomic E-state index is -0.436.